The summed E-state index contributed by atoms with van der Waals surface area (Å²) < 4.78 is 7.82. The zero-order chi connectivity index (χ0) is 17.2. The Labute approximate surface area is 145 Å². The van der Waals surface area contributed by atoms with Gasteiger partial charge < -0.3 is 15.0 Å². The van der Waals surface area contributed by atoms with Gasteiger partial charge in [-0.05, 0) is 31.0 Å². The van der Waals surface area contributed by atoms with E-state index in [2.05, 4.69) is 20.4 Å². The standard InChI is InChI=1S/C18H21N5O2/c1-23-15(6-8-22-23)16-12(4-3-9-25-16)10-21-18(24)14-11-20-17-13(14)5-2-7-19-17/h2,5-8,11-12,16H,3-4,9-10H2,1H3,(H,19,20)(H,21,24)/t12-,16+/m0/s1. The van der Waals surface area contributed by atoms with Crippen LogP contribution in [0, 0.1) is 5.92 Å². The monoisotopic (exact) mass is 339 g/mol. The first-order valence-corrected chi connectivity index (χ1v) is 8.54. The van der Waals surface area contributed by atoms with Crippen molar-refractivity contribution >= 4 is 16.9 Å². The first-order chi connectivity index (χ1) is 12.2. The van der Waals surface area contributed by atoms with Crippen molar-refractivity contribution in [2.24, 2.45) is 13.0 Å². The number of H-pyrrole nitrogens is 1. The highest BCUT2D eigenvalue weighted by Gasteiger charge is 2.30. The molecular weight excluding hydrogens is 318 g/mol. The maximum atomic E-state index is 12.6. The lowest BCUT2D eigenvalue weighted by molar-refractivity contribution is -0.0317. The molecule has 1 amide bonds. The molecule has 1 fully saturated rings. The molecule has 0 unspecified atom stereocenters. The molecule has 0 aromatic carbocycles. The number of hydrogen-bond donors (Lipinski definition) is 2. The summed E-state index contributed by atoms with van der Waals surface area (Å²) in [6.45, 7) is 1.32. The number of carbonyl (C=O) groups is 1. The molecule has 1 aliphatic rings. The van der Waals surface area contributed by atoms with E-state index in [1.54, 1.807) is 18.6 Å². The van der Waals surface area contributed by atoms with Crippen LogP contribution in [0.25, 0.3) is 11.0 Å². The first kappa shape index (κ1) is 15.8. The lowest BCUT2D eigenvalue weighted by atomic mass is 9.92. The second-order valence-corrected chi connectivity index (χ2v) is 6.39. The van der Waals surface area contributed by atoms with E-state index in [1.807, 2.05) is 29.9 Å². The molecule has 0 bridgehead atoms. The normalized spacial score (nSPS) is 20.7. The highest BCUT2D eigenvalue weighted by Crippen LogP contribution is 2.32. The summed E-state index contributed by atoms with van der Waals surface area (Å²) in [6.07, 6.45) is 7.19. The van der Waals surface area contributed by atoms with Crippen LogP contribution >= 0.6 is 0 Å². The summed E-state index contributed by atoms with van der Waals surface area (Å²) in [5.74, 6) is 0.144. The zero-order valence-corrected chi connectivity index (χ0v) is 14.1. The quantitative estimate of drug-likeness (QED) is 0.763. The van der Waals surface area contributed by atoms with Crippen molar-refractivity contribution in [3.05, 3.63) is 48.0 Å². The van der Waals surface area contributed by atoms with Crippen molar-refractivity contribution in [3.8, 4) is 0 Å². The summed E-state index contributed by atoms with van der Waals surface area (Å²) in [6, 6.07) is 5.71. The van der Waals surface area contributed by atoms with E-state index >= 15 is 0 Å². The third-order valence-corrected chi connectivity index (χ3v) is 4.82. The van der Waals surface area contributed by atoms with E-state index in [9.17, 15) is 4.79 Å². The summed E-state index contributed by atoms with van der Waals surface area (Å²) in [4.78, 5) is 19.9. The first-order valence-electron chi connectivity index (χ1n) is 8.54. The predicted octanol–water partition coefficient (Wildman–Crippen LogP) is 2.19. The van der Waals surface area contributed by atoms with Gasteiger partial charge in [0.15, 0.2) is 0 Å². The molecule has 2 N–H and O–H groups in total. The zero-order valence-electron chi connectivity index (χ0n) is 14.1. The molecule has 0 radical (unpaired) electrons. The van der Waals surface area contributed by atoms with E-state index in [1.165, 1.54) is 0 Å². The van der Waals surface area contributed by atoms with Crippen molar-refractivity contribution in [3.63, 3.8) is 0 Å². The molecule has 4 heterocycles. The SMILES string of the molecule is Cn1nccc1[C@@H]1OCCC[C@H]1CNC(=O)c1c[nH]c2ncccc12. The average molecular weight is 339 g/mol. The van der Waals surface area contributed by atoms with Gasteiger partial charge in [0.25, 0.3) is 5.91 Å². The average Bonchev–Trinajstić information content (AvgIpc) is 3.26. The van der Waals surface area contributed by atoms with Crippen molar-refractivity contribution in [1.82, 2.24) is 25.1 Å². The fourth-order valence-electron chi connectivity index (χ4n) is 3.51. The van der Waals surface area contributed by atoms with Crippen LogP contribution in [0.15, 0.2) is 36.8 Å². The molecule has 130 valence electrons. The lowest BCUT2D eigenvalue weighted by Gasteiger charge is -2.31. The number of ether oxygens (including phenoxy) is 1. The van der Waals surface area contributed by atoms with E-state index < -0.39 is 0 Å². The summed E-state index contributed by atoms with van der Waals surface area (Å²) in [5, 5.41) is 8.13. The largest absolute Gasteiger partial charge is 0.372 e. The minimum absolute atomic E-state index is 0.0359. The third-order valence-electron chi connectivity index (χ3n) is 4.82. The van der Waals surface area contributed by atoms with Crippen molar-refractivity contribution in [2.75, 3.05) is 13.2 Å². The van der Waals surface area contributed by atoms with Gasteiger partial charge in [0.2, 0.25) is 0 Å². The molecule has 0 saturated carbocycles. The fraction of sp³-hybridized carbons (Fsp3) is 0.389. The lowest BCUT2D eigenvalue weighted by Crippen LogP contribution is -2.35. The van der Waals surface area contributed by atoms with Crippen LogP contribution in [-0.4, -0.2) is 38.8 Å². The molecule has 3 aromatic rings. The molecule has 7 heteroatoms. The number of aryl methyl sites for hydroxylation is 1. The predicted molar refractivity (Wildman–Crippen MR) is 93.1 cm³/mol. The third kappa shape index (κ3) is 3.02. The van der Waals surface area contributed by atoms with Gasteiger partial charge in [-0.25, -0.2) is 4.98 Å². The van der Waals surface area contributed by atoms with Gasteiger partial charge in [-0.15, -0.1) is 0 Å². The Morgan fingerprint density at radius 3 is 3.20 bits per heavy atom. The Hall–Kier alpha value is -2.67. The Balaban J connectivity index is 1.47. The number of hydrogen-bond acceptors (Lipinski definition) is 4. The second-order valence-electron chi connectivity index (χ2n) is 6.39. The number of nitrogens with one attached hydrogen (secondary N) is 2. The number of aromatic amines is 1. The van der Waals surface area contributed by atoms with Crippen LogP contribution in [0.2, 0.25) is 0 Å². The maximum Gasteiger partial charge on any atom is 0.253 e. The maximum absolute atomic E-state index is 12.6. The van der Waals surface area contributed by atoms with Gasteiger partial charge in [-0.2, -0.15) is 5.10 Å². The summed E-state index contributed by atoms with van der Waals surface area (Å²) >= 11 is 0. The van der Waals surface area contributed by atoms with E-state index in [4.69, 9.17) is 4.74 Å². The number of nitrogens with zero attached hydrogens (tertiary/aromatic N) is 3. The minimum atomic E-state index is -0.0893. The molecule has 7 nitrogen and oxygen atoms in total. The molecule has 4 rings (SSSR count). The summed E-state index contributed by atoms with van der Waals surface area (Å²) in [5.41, 5.74) is 2.40. The molecule has 0 aliphatic carbocycles. The van der Waals surface area contributed by atoms with Crippen LogP contribution < -0.4 is 5.32 Å². The van der Waals surface area contributed by atoms with Crippen molar-refractivity contribution in [2.45, 2.75) is 18.9 Å². The van der Waals surface area contributed by atoms with E-state index in [-0.39, 0.29) is 17.9 Å². The Kier molecular flexibility index (Phi) is 4.23. The van der Waals surface area contributed by atoms with Crippen LogP contribution in [0.3, 0.4) is 0 Å². The Morgan fingerprint density at radius 2 is 2.36 bits per heavy atom. The Morgan fingerprint density at radius 1 is 1.44 bits per heavy atom. The molecule has 1 saturated heterocycles. The van der Waals surface area contributed by atoms with Gasteiger partial charge in [-0.3, -0.25) is 9.48 Å². The number of rotatable bonds is 4. The number of carbonyl (C=O) groups excluding carboxylic acids is 1. The fourth-order valence-corrected chi connectivity index (χ4v) is 3.51. The van der Waals surface area contributed by atoms with Crippen molar-refractivity contribution in [1.29, 1.82) is 0 Å². The number of aromatic nitrogens is 4. The van der Waals surface area contributed by atoms with Gasteiger partial charge in [-0.1, -0.05) is 0 Å². The second kappa shape index (κ2) is 6.68. The van der Waals surface area contributed by atoms with Crippen LogP contribution in [0.5, 0.6) is 0 Å². The van der Waals surface area contributed by atoms with Gasteiger partial charge in [0, 0.05) is 50.1 Å². The molecule has 0 spiro atoms. The molecule has 25 heavy (non-hydrogen) atoms. The van der Waals surface area contributed by atoms with E-state index in [0.717, 1.165) is 36.2 Å². The van der Waals surface area contributed by atoms with Crippen LogP contribution in [-0.2, 0) is 11.8 Å². The van der Waals surface area contributed by atoms with Gasteiger partial charge in [0.1, 0.15) is 11.8 Å². The summed E-state index contributed by atoms with van der Waals surface area (Å²) in [7, 11) is 1.92. The number of fused-ring (bicyclic) bond motifs is 1. The molecular formula is C18H21N5O2. The smallest absolute Gasteiger partial charge is 0.253 e. The van der Waals surface area contributed by atoms with Crippen LogP contribution in [0.1, 0.15) is 35.0 Å². The minimum Gasteiger partial charge on any atom is -0.372 e. The van der Waals surface area contributed by atoms with E-state index in [0.29, 0.717) is 12.1 Å². The highest BCUT2D eigenvalue weighted by atomic mass is 16.5. The highest BCUT2D eigenvalue weighted by molar-refractivity contribution is 6.05. The van der Waals surface area contributed by atoms with Gasteiger partial charge in [0.05, 0.1) is 11.3 Å². The Bertz CT molecular complexity index is 884. The van der Waals surface area contributed by atoms with Crippen molar-refractivity contribution < 1.29 is 9.53 Å². The molecule has 3 aromatic heterocycles. The number of amides is 1. The molecule has 2 atom stereocenters. The topological polar surface area (TPSA) is 84.8 Å². The van der Waals surface area contributed by atoms with Crippen LogP contribution in [0.4, 0.5) is 0 Å². The number of pyridine rings is 1. The molecule has 1 aliphatic heterocycles. The van der Waals surface area contributed by atoms with Gasteiger partial charge >= 0.3 is 0 Å².